The number of benzene rings is 2. The minimum absolute atomic E-state index is 0.124. The summed E-state index contributed by atoms with van der Waals surface area (Å²) in [5, 5.41) is 9.10. The van der Waals surface area contributed by atoms with Crippen LogP contribution in [0.25, 0.3) is 0 Å². The molecule has 2 aromatic carbocycles. The van der Waals surface area contributed by atoms with Crippen molar-refractivity contribution in [2.45, 2.75) is 30.2 Å². The zero-order valence-corrected chi connectivity index (χ0v) is 14.8. The molecule has 0 aromatic heterocycles. The molecule has 0 aliphatic heterocycles. The van der Waals surface area contributed by atoms with Crippen molar-refractivity contribution in [1.82, 2.24) is 10.2 Å². The summed E-state index contributed by atoms with van der Waals surface area (Å²) in [7, 11) is -3.67. The van der Waals surface area contributed by atoms with E-state index in [0.717, 1.165) is 11.1 Å². The molecule has 1 atom stereocenters. The summed E-state index contributed by atoms with van der Waals surface area (Å²) in [5.41, 5.74) is 3.91. The smallest absolute Gasteiger partial charge is 0.274 e. The fourth-order valence-corrected chi connectivity index (χ4v) is 4.56. The molecule has 0 spiro atoms. The van der Waals surface area contributed by atoms with Crippen molar-refractivity contribution in [1.29, 1.82) is 0 Å². The molecule has 8 heteroatoms. The highest BCUT2D eigenvalue weighted by Gasteiger charge is 2.25. The van der Waals surface area contributed by atoms with E-state index in [1.54, 1.807) is 29.7 Å². The third kappa shape index (κ3) is 4.01. The first kappa shape index (κ1) is 17.9. The van der Waals surface area contributed by atoms with Gasteiger partial charge in [-0.1, -0.05) is 23.7 Å². The molecule has 0 heterocycles. The van der Waals surface area contributed by atoms with Gasteiger partial charge in [-0.05, 0) is 60.7 Å². The maximum absolute atomic E-state index is 12.5. The fraction of sp³-hybridized carbons (Fsp3) is 0.235. The molecule has 3 rings (SSSR count). The molecule has 1 aliphatic carbocycles. The molecule has 0 saturated carbocycles. The summed E-state index contributed by atoms with van der Waals surface area (Å²) in [4.78, 5) is 11.7. The Kier molecular flexibility index (Phi) is 5.10. The van der Waals surface area contributed by atoms with E-state index in [9.17, 15) is 13.2 Å². The molecule has 6 nitrogen and oxygen atoms in total. The fourth-order valence-electron chi connectivity index (χ4n) is 2.99. The number of hydroxylamine groups is 1. The maximum Gasteiger partial charge on any atom is 0.274 e. The molecule has 0 saturated heterocycles. The van der Waals surface area contributed by atoms with Gasteiger partial charge in [-0.2, -0.15) is 0 Å². The molecule has 1 unspecified atom stereocenters. The van der Waals surface area contributed by atoms with E-state index in [2.05, 4.69) is 4.72 Å². The lowest BCUT2D eigenvalue weighted by Crippen LogP contribution is -2.38. The number of carbonyl (C=O) groups excluding carboxylic acids is 1. The Morgan fingerprint density at radius 1 is 1.16 bits per heavy atom. The van der Waals surface area contributed by atoms with Crippen molar-refractivity contribution >= 4 is 27.5 Å². The third-order valence-corrected chi connectivity index (χ3v) is 5.98. The van der Waals surface area contributed by atoms with Crippen LogP contribution >= 0.6 is 11.6 Å². The second-order valence-corrected chi connectivity index (χ2v) is 8.09. The van der Waals surface area contributed by atoms with Gasteiger partial charge in [0.25, 0.3) is 5.91 Å². The highest BCUT2D eigenvalue weighted by Crippen LogP contribution is 2.24. The quantitative estimate of drug-likeness (QED) is 0.560. The van der Waals surface area contributed by atoms with Crippen LogP contribution in [0.15, 0.2) is 47.4 Å². The van der Waals surface area contributed by atoms with Crippen molar-refractivity contribution in [2.75, 3.05) is 0 Å². The molecule has 0 fully saturated rings. The van der Waals surface area contributed by atoms with Crippen LogP contribution in [0.3, 0.4) is 0 Å². The Labute approximate surface area is 150 Å². The van der Waals surface area contributed by atoms with E-state index < -0.39 is 15.9 Å². The zero-order chi connectivity index (χ0) is 18.0. The normalized spacial score (nSPS) is 17.0. The van der Waals surface area contributed by atoms with Gasteiger partial charge in [0.1, 0.15) is 0 Å². The van der Waals surface area contributed by atoms with Gasteiger partial charge in [-0.3, -0.25) is 10.0 Å². The number of carbonyl (C=O) groups is 1. The Bertz CT molecular complexity index is 915. The van der Waals surface area contributed by atoms with Gasteiger partial charge in [0, 0.05) is 16.6 Å². The van der Waals surface area contributed by atoms with E-state index in [1.807, 2.05) is 6.07 Å². The predicted octanol–water partition coefficient (Wildman–Crippen LogP) is 2.29. The van der Waals surface area contributed by atoms with Crippen LogP contribution in [0.2, 0.25) is 5.02 Å². The Balaban J connectivity index is 1.79. The van der Waals surface area contributed by atoms with Crippen molar-refractivity contribution in [3.63, 3.8) is 0 Å². The van der Waals surface area contributed by atoms with Crippen LogP contribution in [0.1, 0.15) is 27.9 Å². The molecule has 0 bridgehead atoms. The highest BCUT2D eigenvalue weighted by molar-refractivity contribution is 7.89. The van der Waals surface area contributed by atoms with Crippen molar-refractivity contribution in [3.05, 3.63) is 64.2 Å². The highest BCUT2D eigenvalue weighted by atomic mass is 35.5. The second kappa shape index (κ2) is 7.13. The van der Waals surface area contributed by atoms with E-state index in [-0.39, 0.29) is 10.9 Å². The van der Waals surface area contributed by atoms with E-state index in [1.165, 1.54) is 12.1 Å². The molecule has 1 aliphatic rings. The summed E-state index contributed by atoms with van der Waals surface area (Å²) in [6.07, 6.45) is 1.85. The monoisotopic (exact) mass is 380 g/mol. The van der Waals surface area contributed by atoms with Crippen LogP contribution in [0, 0.1) is 0 Å². The minimum Gasteiger partial charge on any atom is -0.288 e. The molecule has 3 N–H and O–H groups in total. The Morgan fingerprint density at radius 2 is 1.96 bits per heavy atom. The minimum atomic E-state index is -3.67. The van der Waals surface area contributed by atoms with E-state index in [4.69, 9.17) is 16.8 Å². The van der Waals surface area contributed by atoms with Crippen molar-refractivity contribution in [2.24, 2.45) is 0 Å². The van der Waals surface area contributed by atoms with Crippen LogP contribution in [-0.4, -0.2) is 25.6 Å². The van der Waals surface area contributed by atoms with Crippen LogP contribution in [0.4, 0.5) is 0 Å². The first-order valence-electron chi connectivity index (χ1n) is 7.73. The van der Waals surface area contributed by atoms with Crippen LogP contribution in [0.5, 0.6) is 0 Å². The number of amides is 1. The summed E-state index contributed by atoms with van der Waals surface area (Å²) in [6.45, 7) is 0. The van der Waals surface area contributed by atoms with Gasteiger partial charge >= 0.3 is 0 Å². The Hall–Kier alpha value is -1.93. The summed E-state index contributed by atoms with van der Waals surface area (Å²) in [5.74, 6) is -0.593. The second-order valence-electron chi connectivity index (χ2n) is 5.94. The number of rotatable bonds is 4. The summed E-state index contributed by atoms with van der Waals surface area (Å²) >= 11 is 5.87. The van der Waals surface area contributed by atoms with E-state index >= 15 is 0 Å². The van der Waals surface area contributed by atoms with Crippen LogP contribution in [-0.2, 0) is 22.9 Å². The molecule has 1 amide bonds. The average molecular weight is 381 g/mol. The molecule has 2 aromatic rings. The molecular weight excluding hydrogens is 364 g/mol. The number of nitrogens with one attached hydrogen (secondary N) is 2. The van der Waals surface area contributed by atoms with Crippen molar-refractivity contribution < 1.29 is 18.4 Å². The lowest BCUT2D eigenvalue weighted by molar-refractivity contribution is 0.0706. The first-order chi connectivity index (χ1) is 11.9. The average Bonchev–Trinajstić information content (AvgIpc) is 2.60. The van der Waals surface area contributed by atoms with Gasteiger partial charge in [0.2, 0.25) is 10.0 Å². The van der Waals surface area contributed by atoms with Gasteiger partial charge < -0.3 is 0 Å². The number of halogens is 1. The lowest BCUT2D eigenvalue weighted by Gasteiger charge is -2.25. The largest absolute Gasteiger partial charge is 0.288 e. The van der Waals surface area contributed by atoms with Gasteiger partial charge in [-0.15, -0.1) is 0 Å². The summed E-state index contributed by atoms with van der Waals surface area (Å²) < 4.78 is 27.7. The lowest BCUT2D eigenvalue weighted by atomic mass is 9.87. The third-order valence-electron chi connectivity index (χ3n) is 4.23. The SMILES string of the molecule is O=C(NO)c1ccc2c(c1)CC(NS(=O)(=O)c1cccc(Cl)c1)CC2. The van der Waals surface area contributed by atoms with Gasteiger partial charge in [0.05, 0.1) is 4.90 Å². The molecule has 25 heavy (non-hydrogen) atoms. The van der Waals surface area contributed by atoms with Crippen molar-refractivity contribution in [3.8, 4) is 0 Å². The zero-order valence-electron chi connectivity index (χ0n) is 13.2. The predicted molar refractivity (Wildman–Crippen MR) is 93.3 cm³/mol. The number of sulfonamides is 1. The maximum atomic E-state index is 12.5. The number of hydrogen-bond donors (Lipinski definition) is 3. The van der Waals surface area contributed by atoms with E-state index in [0.29, 0.717) is 29.8 Å². The number of aryl methyl sites for hydroxylation is 1. The standard InChI is InChI=1S/C17H17ClN2O4S/c18-14-2-1-3-16(10-14)25(23,24)20-15-7-6-11-4-5-12(17(21)19-22)8-13(11)9-15/h1-5,8,10,15,20,22H,6-7,9H2,(H,19,21). The number of hydrogen-bond acceptors (Lipinski definition) is 4. The number of fused-ring (bicyclic) bond motifs is 1. The summed E-state index contributed by atoms with van der Waals surface area (Å²) in [6, 6.07) is 11.0. The molecular formula is C17H17ClN2O4S. The topological polar surface area (TPSA) is 95.5 Å². The van der Waals surface area contributed by atoms with Gasteiger partial charge in [0.15, 0.2) is 0 Å². The Morgan fingerprint density at radius 3 is 2.68 bits per heavy atom. The molecule has 132 valence electrons. The molecule has 0 radical (unpaired) electrons. The first-order valence-corrected chi connectivity index (χ1v) is 9.59. The van der Waals surface area contributed by atoms with Gasteiger partial charge in [-0.25, -0.2) is 18.6 Å². The van der Waals surface area contributed by atoms with Crippen LogP contribution < -0.4 is 10.2 Å².